The molecule has 0 saturated heterocycles. The Kier molecular flexibility index (Phi) is 7.39. The Morgan fingerprint density at radius 1 is 0.410 bits per heavy atom. The molecule has 0 atom stereocenters. The molecule has 0 unspecified atom stereocenters. The first-order valence-corrected chi connectivity index (χ1v) is 21.6. The number of para-hydroxylation sites is 3. The van der Waals surface area contributed by atoms with Crippen LogP contribution >= 0.6 is 11.3 Å². The van der Waals surface area contributed by atoms with Crippen LogP contribution < -0.4 is 9.64 Å². The van der Waals surface area contributed by atoms with Gasteiger partial charge in [0.2, 0.25) is 0 Å². The van der Waals surface area contributed by atoms with Crippen LogP contribution in [-0.2, 0) is 5.41 Å². The van der Waals surface area contributed by atoms with Crippen LogP contribution in [0, 0.1) is 0 Å². The second-order valence-corrected chi connectivity index (χ2v) is 17.0. The first-order chi connectivity index (χ1) is 30.2. The summed E-state index contributed by atoms with van der Waals surface area (Å²) >= 11 is 1.85. The largest absolute Gasteiger partial charge is 0.455 e. The molecule has 2 aliphatic rings. The molecular formula is C57H35NO2S. The van der Waals surface area contributed by atoms with Gasteiger partial charge in [-0.15, -0.1) is 11.3 Å². The summed E-state index contributed by atoms with van der Waals surface area (Å²) < 4.78 is 14.6. The minimum atomic E-state index is -0.493. The van der Waals surface area contributed by atoms with Gasteiger partial charge in [-0.1, -0.05) is 158 Å². The molecule has 0 fully saturated rings. The zero-order valence-corrected chi connectivity index (χ0v) is 33.7. The molecule has 0 saturated carbocycles. The Balaban J connectivity index is 0.980. The molecule has 2 aromatic heterocycles. The van der Waals surface area contributed by atoms with Crippen molar-refractivity contribution in [2.45, 2.75) is 5.41 Å². The number of thiophene rings is 1. The van der Waals surface area contributed by atoms with Crippen molar-refractivity contribution in [3.8, 4) is 44.9 Å². The van der Waals surface area contributed by atoms with Gasteiger partial charge in [-0.25, -0.2) is 0 Å². The van der Waals surface area contributed by atoms with Gasteiger partial charge in [0.25, 0.3) is 0 Å². The number of benzene rings is 9. The second-order valence-electron chi connectivity index (χ2n) is 16.0. The number of ether oxygens (including phenoxy) is 1. The molecule has 11 aromatic rings. The molecule has 0 radical (unpaired) electrons. The summed E-state index contributed by atoms with van der Waals surface area (Å²) in [4.78, 5) is 3.59. The van der Waals surface area contributed by atoms with Gasteiger partial charge in [-0.2, -0.15) is 0 Å². The van der Waals surface area contributed by atoms with E-state index < -0.39 is 5.41 Å². The fourth-order valence-corrected chi connectivity index (χ4v) is 11.5. The molecule has 3 heterocycles. The standard InChI is InChI=1S/C57H35NO2S/c1-2-13-36(14-3-1)37-25-29-39(30-26-37)58(40-31-27-38(28-32-40)42-18-12-19-46-45-17-6-10-23-51(45)59-54(42)46)41-33-34-47-53(35-41)61-56-55(47)60-52-24-11-9-22-50(52)57(56)48-20-7-4-15-43(48)44-16-5-8-21-49(44)57/h1-35H. The fraction of sp³-hybridized carbons (Fsp3) is 0.0175. The highest BCUT2D eigenvalue weighted by Gasteiger charge is 2.52. The van der Waals surface area contributed by atoms with Gasteiger partial charge in [0, 0.05) is 49.0 Å². The second kappa shape index (κ2) is 13.2. The van der Waals surface area contributed by atoms with Crippen molar-refractivity contribution >= 4 is 60.4 Å². The van der Waals surface area contributed by atoms with Crippen molar-refractivity contribution in [1.29, 1.82) is 0 Å². The number of hydrogen-bond donors (Lipinski definition) is 0. The van der Waals surface area contributed by atoms with E-state index in [-0.39, 0.29) is 0 Å². The highest BCUT2D eigenvalue weighted by molar-refractivity contribution is 7.19. The predicted octanol–water partition coefficient (Wildman–Crippen LogP) is 16.1. The molecule has 0 N–H and O–H groups in total. The topological polar surface area (TPSA) is 25.6 Å². The third-order valence-corrected chi connectivity index (χ3v) is 14.0. The predicted molar refractivity (Wildman–Crippen MR) is 252 cm³/mol. The van der Waals surface area contributed by atoms with Crippen molar-refractivity contribution in [3.05, 3.63) is 234 Å². The molecule has 9 aromatic carbocycles. The van der Waals surface area contributed by atoms with Crippen molar-refractivity contribution < 1.29 is 9.15 Å². The third-order valence-electron chi connectivity index (χ3n) is 12.8. The molecule has 0 amide bonds. The molecule has 286 valence electrons. The van der Waals surface area contributed by atoms with Crippen molar-refractivity contribution in [2.24, 2.45) is 0 Å². The Labute approximate surface area is 357 Å². The van der Waals surface area contributed by atoms with Gasteiger partial charge in [0.15, 0.2) is 5.75 Å². The van der Waals surface area contributed by atoms with Gasteiger partial charge >= 0.3 is 0 Å². The number of rotatable bonds is 5. The average molecular weight is 798 g/mol. The highest BCUT2D eigenvalue weighted by Crippen LogP contribution is 2.65. The van der Waals surface area contributed by atoms with E-state index >= 15 is 0 Å². The van der Waals surface area contributed by atoms with Gasteiger partial charge in [-0.3, -0.25) is 0 Å². The summed E-state index contributed by atoms with van der Waals surface area (Å²) in [5.41, 5.74) is 15.4. The van der Waals surface area contributed by atoms with E-state index in [1.807, 2.05) is 23.5 Å². The van der Waals surface area contributed by atoms with E-state index in [1.165, 1.54) is 48.5 Å². The number of anilines is 3. The molecule has 13 rings (SSSR count). The summed E-state index contributed by atoms with van der Waals surface area (Å²) in [5, 5.41) is 3.38. The first kappa shape index (κ1) is 34.2. The Morgan fingerprint density at radius 2 is 0.984 bits per heavy atom. The van der Waals surface area contributed by atoms with E-state index in [9.17, 15) is 0 Å². The van der Waals surface area contributed by atoms with Gasteiger partial charge < -0.3 is 14.1 Å². The number of furan rings is 1. The van der Waals surface area contributed by atoms with E-state index in [1.54, 1.807) is 0 Å². The number of fused-ring (bicyclic) bond motifs is 14. The maximum atomic E-state index is 6.97. The smallest absolute Gasteiger partial charge is 0.150 e. The maximum absolute atomic E-state index is 6.97. The lowest BCUT2D eigenvalue weighted by molar-refractivity contribution is 0.447. The lowest BCUT2D eigenvalue weighted by Crippen LogP contribution is -2.30. The Hall–Kier alpha value is -7.66. The first-order valence-electron chi connectivity index (χ1n) is 20.7. The van der Waals surface area contributed by atoms with Crippen LogP contribution in [0.15, 0.2) is 217 Å². The lowest BCUT2D eigenvalue weighted by atomic mass is 9.69. The van der Waals surface area contributed by atoms with E-state index in [0.29, 0.717) is 0 Å². The summed E-state index contributed by atoms with van der Waals surface area (Å²) in [7, 11) is 0. The Morgan fingerprint density at radius 3 is 1.74 bits per heavy atom. The average Bonchev–Trinajstić information content (AvgIpc) is 3.99. The van der Waals surface area contributed by atoms with Gasteiger partial charge in [0.05, 0.1) is 10.3 Å². The quantitative estimate of drug-likeness (QED) is 0.173. The normalized spacial score (nSPS) is 13.2. The van der Waals surface area contributed by atoms with Crippen LogP contribution in [0.4, 0.5) is 17.1 Å². The van der Waals surface area contributed by atoms with Gasteiger partial charge in [-0.05, 0) is 93.5 Å². The molecule has 1 aliphatic carbocycles. The summed E-state index contributed by atoms with van der Waals surface area (Å²) in [6.07, 6.45) is 0. The van der Waals surface area contributed by atoms with Crippen LogP contribution in [0.1, 0.15) is 21.6 Å². The summed E-state index contributed by atoms with van der Waals surface area (Å²) in [6.45, 7) is 0. The molecule has 0 bridgehead atoms. The van der Waals surface area contributed by atoms with Crippen LogP contribution in [0.5, 0.6) is 11.5 Å². The highest BCUT2D eigenvalue weighted by atomic mass is 32.1. The molecule has 3 nitrogen and oxygen atoms in total. The number of hydrogen-bond acceptors (Lipinski definition) is 4. The van der Waals surface area contributed by atoms with Gasteiger partial charge in [0.1, 0.15) is 16.9 Å². The van der Waals surface area contributed by atoms with Crippen molar-refractivity contribution in [3.63, 3.8) is 0 Å². The van der Waals surface area contributed by atoms with Crippen LogP contribution in [0.25, 0.3) is 65.4 Å². The van der Waals surface area contributed by atoms with Crippen LogP contribution in [0.2, 0.25) is 0 Å². The monoisotopic (exact) mass is 797 g/mol. The van der Waals surface area contributed by atoms with Crippen molar-refractivity contribution in [2.75, 3.05) is 4.90 Å². The Bertz CT molecular complexity index is 3460. The zero-order valence-electron chi connectivity index (χ0n) is 32.9. The lowest BCUT2D eigenvalue weighted by Gasteiger charge is -2.37. The minimum Gasteiger partial charge on any atom is -0.455 e. The minimum absolute atomic E-state index is 0.493. The summed E-state index contributed by atoms with van der Waals surface area (Å²) in [5.74, 6) is 1.85. The zero-order chi connectivity index (χ0) is 40.1. The summed E-state index contributed by atoms with van der Waals surface area (Å²) in [6, 6.07) is 76.4. The molecule has 1 spiro atoms. The maximum Gasteiger partial charge on any atom is 0.150 e. The third kappa shape index (κ3) is 4.97. The molecule has 61 heavy (non-hydrogen) atoms. The van der Waals surface area contributed by atoms with E-state index in [2.05, 4.69) is 205 Å². The van der Waals surface area contributed by atoms with Crippen molar-refractivity contribution in [1.82, 2.24) is 0 Å². The van der Waals surface area contributed by atoms with E-state index in [4.69, 9.17) is 9.15 Å². The van der Waals surface area contributed by atoms with E-state index in [0.717, 1.165) is 67.0 Å². The van der Waals surface area contributed by atoms with Crippen LogP contribution in [-0.4, -0.2) is 0 Å². The molecule has 4 heteroatoms. The molecular weight excluding hydrogens is 763 g/mol. The van der Waals surface area contributed by atoms with Crippen LogP contribution in [0.3, 0.4) is 0 Å². The number of nitrogens with zero attached hydrogens (tertiary/aromatic N) is 1. The fourth-order valence-electron chi connectivity index (χ4n) is 10.1. The SMILES string of the molecule is c1ccc(-c2ccc(N(c3ccc(-c4cccc5c4oc4ccccc45)cc3)c3ccc4c5c(sc4c3)C3(c4ccccc4O5)c4ccccc4-c4ccccc43)cc2)cc1. The molecule has 1 aliphatic heterocycles.